The summed E-state index contributed by atoms with van der Waals surface area (Å²) >= 11 is 0. The number of aliphatic carboxylic acids is 1. The second-order valence-electron chi connectivity index (χ2n) is 13.3. The van der Waals surface area contributed by atoms with Gasteiger partial charge in [-0.3, -0.25) is 29.0 Å². The Labute approximate surface area is 308 Å². The SMILES string of the molecule is CC(C)C[C@H](NC(=O)[C@H](Cc1ccccc1)NC(=O)CNC(=O)[C@H](C)NC(=O)[C@H](N)Cc1ccc(O)cc1)C(=O)N[C@H](CC[C@@H](C)N=C(N)N)C(=O)O. The minimum Gasteiger partial charge on any atom is -0.508 e. The van der Waals surface area contributed by atoms with Gasteiger partial charge in [0.05, 0.1) is 18.6 Å². The van der Waals surface area contributed by atoms with E-state index in [1.54, 1.807) is 49.4 Å². The highest BCUT2D eigenvalue weighted by Gasteiger charge is 2.31. The molecule has 2 rings (SSSR count). The smallest absolute Gasteiger partial charge is 0.326 e. The first kappa shape index (κ1) is 43.5. The summed E-state index contributed by atoms with van der Waals surface area (Å²) in [6.07, 6.45) is 0.646. The van der Waals surface area contributed by atoms with Crippen LogP contribution < -0.4 is 43.8 Å². The molecule has 0 aliphatic rings. The number of aliphatic imine (C=N–C) groups is 1. The van der Waals surface area contributed by atoms with Crippen molar-refractivity contribution in [3.63, 3.8) is 0 Å². The van der Waals surface area contributed by atoms with Gasteiger partial charge < -0.3 is 54.0 Å². The van der Waals surface area contributed by atoms with Crippen molar-refractivity contribution in [2.75, 3.05) is 6.54 Å². The van der Waals surface area contributed by atoms with Crippen molar-refractivity contribution in [3.8, 4) is 5.75 Å². The molecule has 0 aromatic heterocycles. The molecular formula is C36H53N9O8. The number of nitrogens with one attached hydrogen (secondary N) is 5. The molecule has 0 saturated heterocycles. The predicted octanol–water partition coefficient (Wildman–Crippen LogP) is -0.847. The van der Waals surface area contributed by atoms with Gasteiger partial charge in [0.15, 0.2) is 5.96 Å². The van der Waals surface area contributed by atoms with Crippen LogP contribution in [0.3, 0.4) is 0 Å². The number of phenols is 1. The minimum absolute atomic E-state index is 0.0225. The molecule has 6 atom stereocenters. The Bertz CT molecular complexity index is 1570. The van der Waals surface area contributed by atoms with Crippen LogP contribution in [0.15, 0.2) is 59.6 Å². The summed E-state index contributed by atoms with van der Waals surface area (Å²) in [5.74, 6) is -4.84. The molecule has 0 saturated carbocycles. The lowest BCUT2D eigenvalue weighted by atomic mass is 10.00. The predicted molar refractivity (Wildman–Crippen MR) is 198 cm³/mol. The number of carboxylic acid groups (broad SMARTS) is 1. The van der Waals surface area contributed by atoms with E-state index in [1.165, 1.54) is 19.1 Å². The zero-order valence-electron chi connectivity index (χ0n) is 30.5. The third-order valence-electron chi connectivity index (χ3n) is 8.04. The summed E-state index contributed by atoms with van der Waals surface area (Å²) < 4.78 is 0. The normalized spacial score (nSPS) is 14.3. The second-order valence-corrected chi connectivity index (χ2v) is 13.3. The van der Waals surface area contributed by atoms with Gasteiger partial charge in [0.25, 0.3) is 0 Å². The number of aromatic hydroxyl groups is 1. The molecule has 290 valence electrons. The number of hydrogen-bond acceptors (Lipinski definition) is 9. The molecule has 53 heavy (non-hydrogen) atoms. The quantitative estimate of drug-likeness (QED) is 0.0556. The van der Waals surface area contributed by atoms with Gasteiger partial charge in [0.2, 0.25) is 29.5 Å². The zero-order chi connectivity index (χ0) is 39.7. The highest BCUT2D eigenvalue weighted by Crippen LogP contribution is 2.12. The zero-order valence-corrected chi connectivity index (χ0v) is 30.5. The molecule has 0 unspecified atom stereocenters. The van der Waals surface area contributed by atoms with Gasteiger partial charge in [-0.25, -0.2) is 4.79 Å². The molecule has 17 nitrogen and oxygen atoms in total. The van der Waals surface area contributed by atoms with Crippen LogP contribution in [0.1, 0.15) is 58.1 Å². The molecular weight excluding hydrogens is 686 g/mol. The molecule has 0 heterocycles. The standard InChI is InChI=1S/C36H53N9O8/c1-20(2)16-28(33(50)44-27(35(52)53)15-10-21(3)41-36(38)39)45-34(51)29(18-23-8-6-5-7-9-23)43-30(47)19-40-31(48)22(4)42-32(49)26(37)17-24-11-13-25(46)14-12-24/h5-9,11-14,20-22,26-29,46H,10,15-19,37H2,1-4H3,(H,40,48)(H,42,49)(H,43,47)(H,44,50)(H,45,51)(H,52,53)(H4,38,39,41)/t21-,22+,26-,27-,28+,29+/m1/s1. The van der Waals surface area contributed by atoms with Crippen LogP contribution in [-0.2, 0) is 41.6 Å². The number of benzene rings is 2. The van der Waals surface area contributed by atoms with E-state index in [0.29, 0.717) is 11.1 Å². The highest BCUT2D eigenvalue weighted by molar-refractivity contribution is 5.95. The number of guanidine groups is 1. The molecule has 5 amide bonds. The number of rotatable bonds is 21. The average molecular weight is 740 g/mol. The molecule has 0 aliphatic carbocycles. The summed E-state index contributed by atoms with van der Waals surface area (Å²) in [6, 6.07) is 8.96. The van der Waals surface area contributed by atoms with E-state index in [4.69, 9.17) is 17.2 Å². The summed E-state index contributed by atoms with van der Waals surface area (Å²) in [6.45, 7) is 6.24. The molecule has 13 N–H and O–H groups in total. The van der Waals surface area contributed by atoms with Crippen LogP contribution in [0.5, 0.6) is 5.75 Å². The van der Waals surface area contributed by atoms with Crippen LogP contribution >= 0.6 is 0 Å². The van der Waals surface area contributed by atoms with Gasteiger partial charge in [0.1, 0.15) is 29.9 Å². The van der Waals surface area contributed by atoms with E-state index < -0.39 is 72.3 Å². The van der Waals surface area contributed by atoms with E-state index in [9.17, 15) is 39.0 Å². The molecule has 0 aliphatic heterocycles. The number of nitrogens with zero attached hydrogens (tertiary/aromatic N) is 1. The summed E-state index contributed by atoms with van der Waals surface area (Å²) in [4.78, 5) is 81.4. The Hall–Kier alpha value is -5.71. The van der Waals surface area contributed by atoms with Crippen molar-refractivity contribution in [2.24, 2.45) is 28.1 Å². The molecule has 0 fully saturated rings. The number of nitrogens with two attached hydrogens (primary N) is 3. The summed E-state index contributed by atoms with van der Waals surface area (Å²) in [5.41, 5.74) is 18.2. The van der Waals surface area contributed by atoms with E-state index in [2.05, 4.69) is 31.6 Å². The van der Waals surface area contributed by atoms with Gasteiger partial charge in [-0.05, 0) is 68.7 Å². The fourth-order valence-corrected chi connectivity index (χ4v) is 5.22. The maximum Gasteiger partial charge on any atom is 0.326 e. The van der Waals surface area contributed by atoms with Crippen LogP contribution in [-0.4, -0.2) is 94.5 Å². The van der Waals surface area contributed by atoms with Crippen molar-refractivity contribution < 1.29 is 39.0 Å². The lowest BCUT2D eigenvalue weighted by Crippen LogP contribution is -2.57. The summed E-state index contributed by atoms with van der Waals surface area (Å²) in [5, 5.41) is 31.9. The Morgan fingerprint density at radius 3 is 1.87 bits per heavy atom. The van der Waals surface area contributed by atoms with Crippen molar-refractivity contribution >= 4 is 41.5 Å². The molecule has 2 aromatic carbocycles. The number of carbonyl (C=O) groups is 6. The molecule has 0 bridgehead atoms. The van der Waals surface area contributed by atoms with Gasteiger partial charge in [-0.2, -0.15) is 0 Å². The Balaban J connectivity index is 2.08. The molecule has 0 radical (unpaired) electrons. The second kappa shape index (κ2) is 21.6. The van der Waals surface area contributed by atoms with Crippen molar-refractivity contribution in [3.05, 3.63) is 65.7 Å². The fraction of sp³-hybridized carbons (Fsp3) is 0.472. The van der Waals surface area contributed by atoms with Crippen molar-refractivity contribution in [2.45, 2.75) is 96.1 Å². The number of carbonyl (C=O) groups excluding carboxylic acids is 5. The van der Waals surface area contributed by atoms with E-state index in [0.717, 1.165) is 0 Å². The third-order valence-corrected chi connectivity index (χ3v) is 8.04. The van der Waals surface area contributed by atoms with Gasteiger partial charge in [-0.1, -0.05) is 56.3 Å². The lowest BCUT2D eigenvalue weighted by molar-refractivity contribution is -0.142. The lowest BCUT2D eigenvalue weighted by Gasteiger charge is -2.26. The number of phenolic OH excluding ortho intramolecular Hbond substituents is 1. The van der Waals surface area contributed by atoms with E-state index in [1.807, 2.05) is 13.8 Å². The van der Waals surface area contributed by atoms with Gasteiger partial charge in [0, 0.05) is 6.42 Å². The maximum absolute atomic E-state index is 13.7. The fourth-order valence-electron chi connectivity index (χ4n) is 5.22. The largest absolute Gasteiger partial charge is 0.508 e. The Morgan fingerprint density at radius 1 is 0.698 bits per heavy atom. The van der Waals surface area contributed by atoms with Crippen molar-refractivity contribution in [1.82, 2.24) is 26.6 Å². The summed E-state index contributed by atoms with van der Waals surface area (Å²) in [7, 11) is 0. The molecule has 2 aromatic rings. The Morgan fingerprint density at radius 2 is 1.28 bits per heavy atom. The third kappa shape index (κ3) is 16.5. The minimum atomic E-state index is -1.28. The van der Waals surface area contributed by atoms with Crippen LogP contribution in [0.2, 0.25) is 0 Å². The highest BCUT2D eigenvalue weighted by atomic mass is 16.4. The first-order valence-electron chi connectivity index (χ1n) is 17.3. The first-order valence-corrected chi connectivity index (χ1v) is 17.3. The average Bonchev–Trinajstić information content (AvgIpc) is 3.08. The van der Waals surface area contributed by atoms with E-state index in [-0.39, 0.29) is 55.8 Å². The van der Waals surface area contributed by atoms with Crippen LogP contribution in [0.4, 0.5) is 0 Å². The van der Waals surface area contributed by atoms with E-state index >= 15 is 0 Å². The first-order chi connectivity index (χ1) is 24.9. The van der Waals surface area contributed by atoms with Crippen molar-refractivity contribution in [1.29, 1.82) is 0 Å². The molecule has 0 spiro atoms. The van der Waals surface area contributed by atoms with Gasteiger partial charge >= 0.3 is 5.97 Å². The van der Waals surface area contributed by atoms with Crippen LogP contribution in [0.25, 0.3) is 0 Å². The maximum atomic E-state index is 13.7. The Kier molecular flexibility index (Phi) is 17.7. The van der Waals surface area contributed by atoms with Crippen LogP contribution in [0, 0.1) is 5.92 Å². The van der Waals surface area contributed by atoms with Gasteiger partial charge in [-0.15, -0.1) is 0 Å². The number of carboxylic acids is 1. The monoisotopic (exact) mass is 739 g/mol. The number of hydrogen-bond donors (Lipinski definition) is 10. The number of amides is 5. The molecule has 17 heteroatoms. The topological polar surface area (TPSA) is 293 Å².